The van der Waals surface area contributed by atoms with E-state index < -0.39 is 11.7 Å². The molecule has 0 bridgehead atoms. The number of amides is 1. The van der Waals surface area contributed by atoms with Crippen molar-refractivity contribution in [2.75, 3.05) is 33.9 Å². The number of methoxy groups -OCH3 is 2. The summed E-state index contributed by atoms with van der Waals surface area (Å²) in [5, 5.41) is 0.438. The van der Waals surface area contributed by atoms with Crippen LogP contribution in [0.4, 0.5) is 13.2 Å². The van der Waals surface area contributed by atoms with Crippen molar-refractivity contribution < 1.29 is 27.4 Å². The quantitative estimate of drug-likeness (QED) is 0.636. The topological polar surface area (TPSA) is 42.0 Å². The first-order valence-electron chi connectivity index (χ1n) is 9.79. The van der Waals surface area contributed by atoms with Gasteiger partial charge in [0.25, 0.3) is 0 Å². The number of ether oxygens (including phenoxy) is 2. The second kappa shape index (κ2) is 9.78. The third kappa shape index (κ3) is 5.43. The van der Waals surface area contributed by atoms with Gasteiger partial charge in [-0.3, -0.25) is 9.69 Å². The van der Waals surface area contributed by atoms with E-state index in [4.69, 9.17) is 21.1 Å². The normalized spacial score (nSPS) is 15.7. The summed E-state index contributed by atoms with van der Waals surface area (Å²) in [5.41, 5.74) is 0.211. The maximum absolute atomic E-state index is 13.3. The lowest BCUT2D eigenvalue weighted by atomic mass is 10.1. The molecule has 9 heteroatoms. The number of carbonyl (C=O) groups excluding carboxylic acids is 1. The third-order valence-corrected chi connectivity index (χ3v) is 5.74. The lowest BCUT2D eigenvalue weighted by molar-refractivity contribution is -0.139. The van der Waals surface area contributed by atoms with Crippen LogP contribution < -0.4 is 9.47 Å². The molecule has 1 saturated heterocycles. The van der Waals surface area contributed by atoms with Crippen LogP contribution in [0.5, 0.6) is 11.5 Å². The molecule has 2 aromatic rings. The number of halogens is 4. The van der Waals surface area contributed by atoms with Gasteiger partial charge in [-0.1, -0.05) is 35.9 Å². The zero-order valence-corrected chi connectivity index (χ0v) is 18.1. The zero-order valence-electron chi connectivity index (χ0n) is 17.3. The number of hydrogen-bond donors (Lipinski definition) is 0. The highest BCUT2D eigenvalue weighted by atomic mass is 35.5. The van der Waals surface area contributed by atoms with Gasteiger partial charge >= 0.3 is 6.18 Å². The van der Waals surface area contributed by atoms with Gasteiger partial charge in [-0.15, -0.1) is 0 Å². The highest BCUT2D eigenvalue weighted by molar-refractivity contribution is 6.33. The Morgan fingerprint density at radius 1 is 0.968 bits per heavy atom. The first kappa shape index (κ1) is 23.2. The van der Waals surface area contributed by atoms with Crippen molar-refractivity contribution in [2.24, 2.45) is 0 Å². The fourth-order valence-corrected chi connectivity index (χ4v) is 3.96. The van der Waals surface area contributed by atoms with Crippen LogP contribution in [0.15, 0.2) is 36.4 Å². The maximum Gasteiger partial charge on any atom is 0.416 e. The van der Waals surface area contributed by atoms with Gasteiger partial charge < -0.3 is 14.4 Å². The van der Waals surface area contributed by atoms with Crippen LogP contribution >= 0.6 is 11.6 Å². The second-order valence-electron chi connectivity index (χ2n) is 7.27. The van der Waals surface area contributed by atoms with Gasteiger partial charge in [0, 0.05) is 39.1 Å². The summed E-state index contributed by atoms with van der Waals surface area (Å²) in [7, 11) is 3.04. The second-order valence-corrected chi connectivity index (χ2v) is 7.65. The van der Waals surface area contributed by atoms with Gasteiger partial charge in [0.05, 0.1) is 24.8 Å². The van der Waals surface area contributed by atoms with E-state index in [1.165, 1.54) is 31.3 Å². The van der Waals surface area contributed by atoms with Gasteiger partial charge in [0.2, 0.25) is 5.91 Å². The van der Waals surface area contributed by atoms with Crippen molar-refractivity contribution in [1.29, 1.82) is 0 Å². The summed E-state index contributed by atoms with van der Waals surface area (Å²) in [6.07, 6.45) is -4.24. The Morgan fingerprint density at radius 2 is 1.71 bits per heavy atom. The standard InChI is InChI=1S/C22H24ClF3N2O3/c1-30-18-8-7-16(20(23)21(18)31-2)13-27-10-9-19(29)28(12-11-27)14-15-5-3-4-6-17(15)22(24,25)26/h3-8H,9-14H2,1-2H3. The van der Waals surface area contributed by atoms with Gasteiger partial charge in [0.1, 0.15) is 0 Å². The van der Waals surface area contributed by atoms with Crippen LogP contribution in [0, 0.1) is 0 Å². The van der Waals surface area contributed by atoms with Gasteiger partial charge in [-0.05, 0) is 23.3 Å². The molecule has 0 atom stereocenters. The minimum atomic E-state index is -4.46. The van der Waals surface area contributed by atoms with E-state index in [0.717, 1.165) is 11.6 Å². The van der Waals surface area contributed by atoms with E-state index in [9.17, 15) is 18.0 Å². The first-order valence-corrected chi connectivity index (χ1v) is 10.2. The molecule has 3 rings (SSSR count). The van der Waals surface area contributed by atoms with Crippen molar-refractivity contribution in [1.82, 2.24) is 9.80 Å². The largest absolute Gasteiger partial charge is 0.493 e. The molecule has 0 N–H and O–H groups in total. The lowest BCUT2D eigenvalue weighted by Crippen LogP contribution is -2.33. The Labute approximate surface area is 184 Å². The van der Waals surface area contributed by atoms with E-state index in [1.54, 1.807) is 12.1 Å². The van der Waals surface area contributed by atoms with Gasteiger partial charge in [-0.25, -0.2) is 0 Å². The Morgan fingerprint density at radius 3 is 2.39 bits per heavy atom. The molecule has 0 aliphatic carbocycles. The minimum Gasteiger partial charge on any atom is -0.493 e. The summed E-state index contributed by atoms with van der Waals surface area (Å²) < 4.78 is 50.5. The smallest absolute Gasteiger partial charge is 0.416 e. The molecule has 0 unspecified atom stereocenters. The van der Waals surface area contributed by atoms with E-state index in [1.807, 2.05) is 6.07 Å². The monoisotopic (exact) mass is 456 g/mol. The number of nitrogens with zero attached hydrogens (tertiary/aromatic N) is 2. The summed E-state index contributed by atoms with van der Waals surface area (Å²) in [4.78, 5) is 16.1. The highest BCUT2D eigenvalue weighted by Crippen LogP contribution is 2.38. The highest BCUT2D eigenvalue weighted by Gasteiger charge is 2.34. The van der Waals surface area contributed by atoms with Crippen LogP contribution in [0.3, 0.4) is 0 Å². The molecular weight excluding hydrogens is 433 g/mol. The third-order valence-electron chi connectivity index (χ3n) is 5.32. The number of benzene rings is 2. The fourth-order valence-electron chi connectivity index (χ4n) is 3.67. The van der Waals surface area contributed by atoms with Crippen molar-refractivity contribution in [2.45, 2.75) is 25.7 Å². The molecule has 5 nitrogen and oxygen atoms in total. The van der Waals surface area contributed by atoms with E-state index >= 15 is 0 Å². The van der Waals surface area contributed by atoms with E-state index in [0.29, 0.717) is 42.7 Å². The molecule has 0 saturated carbocycles. The predicted molar refractivity (Wildman–Crippen MR) is 111 cm³/mol. The lowest BCUT2D eigenvalue weighted by Gasteiger charge is -2.24. The van der Waals surface area contributed by atoms with Crippen LogP contribution in [-0.2, 0) is 24.1 Å². The van der Waals surface area contributed by atoms with Crippen molar-refractivity contribution in [3.8, 4) is 11.5 Å². The maximum atomic E-state index is 13.3. The Bertz CT molecular complexity index is 937. The fraction of sp³-hybridized carbons (Fsp3) is 0.409. The van der Waals surface area contributed by atoms with Crippen LogP contribution in [0.2, 0.25) is 5.02 Å². The van der Waals surface area contributed by atoms with Gasteiger partial charge in [-0.2, -0.15) is 13.2 Å². The molecule has 0 spiro atoms. The molecule has 0 aromatic heterocycles. The van der Waals surface area contributed by atoms with Crippen LogP contribution in [0.25, 0.3) is 0 Å². The molecule has 1 fully saturated rings. The van der Waals surface area contributed by atoms with Gasteiger partial charge in [0.15, 0.2) is 11.5 Å². The minimum absolute atomic E-state index is 0.0700. The van der Waals surface area contributed by atoms with Crippen molar-refractivity contribution >= 4 is 17.5 Å². The first-order chi connectivity index (χ1) is 14.7. The predicted octanol–water partition coefficient (Wildman–Crippen LogP) is 4.61. The molecule has 2 aromatic carbocycles. The molecular formula is C22H24ClF3N2O3. The Kier molecular flexibility index (Phi) is 7.33. The molecule has 1 aliphatic rings. The Balaban J connectivity index is 1.71. The average Bonchev–Trinajstić information content (AvgIpc) is 2.91. The summed E-state index contributed by atoms with van der Waals surface area (Å²) in [6, 6.07) is 8.98. The number of alkyl halides is 3. The van der Waals surface area contributed by atoms with Crippen LogP contribution in [-0.4, -0.2) is 49.6 Å². The van der Waals surface area contributed by atoms with E-state index in [2.05, 4.69) is 4.90 Å². The number of carbonyl (C=O) groups is 1. The summed E-state index contributed by atoms with van der Waals surface area (Å²) in [6.45, 7) is 1.75. The zero-order chi connectivity index (χ0) is 22.6. The van der Waals surface area contributed by atoms with Crippen LogP contribution in [0.1, 0.15) is 23.1 Å². The Hall–Kier alpha value is -2.45. The number of hydrogen-bond acceptors (Lipinski definition) is 4. The molecule has 1 aliphatic heterocycles. The molecule has 168 valence electrons. The van der Waals surface area contributed by atoms with Crippen molar-refractivity contribution in [3.63, 3.8) is 0 Å². The molecule has 31 heavy (non-hydrogen) atoms. The number of rotatable bonds is 6. The molecule has 1 heterocycles. The molecule has 0 radical (unpaired) electrons. The summed E-state index contributed by atoms with van der Waals surface area (Å²) >= 11 is 6.46. The SMILES string of the molecule is COc1ccc(CN2CCC(=O)N(Cc3ccccc3C(F)(F)F)CC2)c(Cl)c1OC. The summed E-state index contributed by atoms with van der Waals surface area (Å²) in [5.74, 6) is 0.799. The molecule has 1 amide bonds. The average molecular weight is 457 g/mol. The van der Waals surface area contributed by atoms with E-state index in [-0.39, 0.29) is 24.4 Å². The van der Waals surface area contributed by atoms with Crippen molar-refractivity contribution in [3.05, 3.63) is 58.1 Å².